The topological polar surface area (TPSA) is 44.5 Å². The van der Waals surface area contributed by atoms with Crippen molar-refractivity contribution in [3.05, 3.63) is 58.7 Å². The summed E-state index contributed by atoms with van der Waals surface area (Å²) in [4.78, 5) is 0. The van der Waals surface area contributed by atoms with Crippen LogP contribution in [0.3, 0.4) is 0 Å². The summed E-state index contributed by atoms with van der Waals surface area (Å²) in [5.41, 5.74) is 11.1. The Morgan fingerprint density at radius 2 is 1.62 bits per heavy atom. The molecule has 2 rings (SSSR count). The first-order valence-electron chi connectivity index (χ1n) is 7.09. The minimum absolute atomic E-state index is 0.170. The van der Waals surface area contributed by atoms with Gasteiger partial charge in [0.1, 0.15) is 11.5 Å². The van der Waals surface area contributed by atoms with Gasteiger partial charge in [0.05, 0.1) is 19.8 Å². The van der Waals surface area contributed by atoms with Crippen LogP contribution in [0.25, 0.3) is 0 Å². The molecule has 0 bridgehead atoms. The summed E-state index contributed by atoms with van der Waals surface area (Å²) >= 11 is 0. The van der Waals surface area contributed by atoms with Crippen molar-refractivity contribution in [2.24, 2.45) is 5.73 Å². The van der Waals surface area contributed by atoms with Crippen molar-refractivity contribution < 1.29 is 9.47 Å². The molecule has 0 aliphatic carbocycles. The number of methoxy groups -OCH3 is 2. The van der Waals surface area contributed by atoms with Crippen LogP contribution in [0, 0.1) is 13.8 Å². The number of aryl methyl sites for hydroxylation is 2. The molecule has 0 radical (unpaired) electrons. The van der Waals surface area contributed by atoms with E-state index < -0.39 is 0 Å². The molecule has 1 unspecified atom stereocenters. The van der Waals surface area contributed by atoms with E-state index in [2.05, 4.69) is 32.0 Å². The van der Waals surface area contributed by atoms with Gasteiger partial charge >= 0.3 is 0 Å². The SMILES string of the molecule is COc1cccc(OC)c1C(N)Cc1cc(C)ccc1C. The first-order valence-corrected chi connectivity index (χ1v) is 7.09. The van der Waals surface area contributed by atoms with Gasteiger partial charge in [-0.3, -0.25) is 0 Å². The zero-order valence-electron chi connectivity index (χ0n) is 13.1. The molecule has 21 heavy (non-hydrogen) atoms. The van der Waals surface area contributed by atoms with Gasteiger partial charge in [-0.25, -0.2) is 0 Å². The fourth-order valence-electron chi connectivity index (χ4n) is 2.60. The minimum Gasteiger partial charge on any atom is -0.496 e. The predicted octanol–water partition coefficient (Wildman–Crippen LogP) is 3.56. The lowest BCUT2D eigenvalue weighted by Crippen LogP contribution is -2.16. The van der Waals surface area contributed by atoms with Gasteiger partial charge in [-0.05, 0) is 43.5 Å². The molecule has 0 heterocycles. The largest absolute Gasteiger partial charge is 0.496 e. The van der Waals surface area contributed by atoms with Crippen LogP contribution in [0.2, 0.25) is 0 Å². The predicted molar refractivity (Wildman–Crippen MR) is 86.1 cm³/mol. The maximum Gasteiger partial charge on any atom is 0.127 e. The monoisotopic (exact) mass is 285 g/mol. The van der Waals surface area contributed by atoms with Gasteiger partial charge in [0.25, 0.3) is 0 Å². The average molecular weight is 285 g/mol. The van der Waals surface area contributed by atoms with Crippen LogP contribution in [-0.4, -0.2) is 14.2 Å². The summed E-state index contributed by atoms with van der Waals surface area (Å²) in [6, 6.07) is 12.0. The molecule has 0 amide bonds. The Morgan fingerprint density at radius 1 is 1.00 bits per heavy atom. The molecule has 3 nitrogen and oxygen atoms in total. The fourth-order valence-corrected chi connectivity index (χ4v) is 2.60. The third-order valence-electron chi connectivity index (χ3n) is 3.78. The Hall–Kier alpha value is -2.00. The van der Waals surface area contributed by atoms with Crippen molar-refractivity contribution >= 4 is 0 Å². The average Bonchev–Trinajstić information content (AvgIpc) is 2.49. The van der Waals surface area contributed by atoms with Gasteiger partial charge < -0.3 is 15.2 Å². The second kappa shape index (κ2) is 6.64. The van der Waals surface area contributed by atoms with Crippen LogP contribution >= 0.6 is 0 Å². The van der Waals surface area contributed by atoms with E-state index in [9.17, 15) is 0 Å². The molecule has 0 aliphatic heterocycles. The van der Waals surface area contributed by atoms with E-state index in [0.29, 0.717) is 0 Å². The van der Waals surface area contributed by atoms with Crippen LogP contribution in [0.4, 0.5) is 0 Å². The molecule has 3 heteroatoms. The summed E-state index contributed by atoms with van der Waals surface area (Å²) in [5, 5.41) is 0. The van der Waals surface area contributed by atoms with Crippen LogP contribution in [0.5, 0.6) is 11.5 Å². The van der Waals surface area contributed by atoms with Gasteiger partial charge in [0.2, 0.25) is 0 Å². The lowest BCUT2D eigenvalue weighted by molar-refractivity contribution is 0.378. The van der Waals surface area contributed by atoms with E-state index >= 15 is 0 Å². The standard InChI is InChI=1S/C18H23NO2/c1-12-8-9-13(2)14(10-12)11-15(19)18-16(20-3)6-5-7-17(18)21-4/h5-10,15H,11,19H2,1-4H3. The maximum atomic E-state index is 6.44. The smallest absolute Gasteiger partial charge is 0.127 e. The van der Waals surface area contributed by atoms with E-state index in [1.807, 2.05) is 18.2 Å². The number of benzene rings is 2. The van der Waals surface area contributed by atoms with Crippen molar-refractivity contribution in [3.8, 4) is 11.5 Å². The number of ether oxygens (including phenoxy) is 2. The molecule has 112 valence electrons. The van der Waals surface area contributed by atoms with Crippen LogP contribution in [0.15, 0.2) is 36.4 Å². The molecule has 0 fully saturated rings. The quantitative estimate of drug-likeness (QED) is 0.913. The normalized spacial score (nSPS) is 12.0. The highest BCUT2D eigenvalue weighted by atomic mass is 16.5. The van der Waals surface area contributed by atoms with Crippen LogP contribution in [0.1, 0.15) is 28.3 Å². The molecular formula is C18H23NO2. The second-order valence-corrected chi connectivity index (χ2v) is 5.32. The molecular weight excluding hydrogens is 262 g/mol. The van der Waals surface area contributed by atoms with E-state index in [1.165, 1.54) is 16.7 Å². The van der Waals surface area contributed by atoms with Crippen molar-refractivity contribution in [1.82, 2.24) is 0 Å². The Balaban J connectivity index is 2.36. The van der Waals surface area contributed by atoms with Crippen molar-refractivity contribution in [3.63, 3.8) is 0 Å². The Morgan fingerprint density at radius 3 is 2.19 bits per heavy atom. The van der Waals surface area contributed by atoms with Crippen LogP contribution in [-0.2, 0) is 6.42 Å². The van der Waals surface area contributed by atoms with E-state index in [0.717, 1.165) is 23.5 Å². The molecule has 2 aromatic rings. The molecule has 2 N–H and O–H groups in total. The molecule has 0 aromatic heterocycles. The summed E-state index contributed by atoms with van der Waals surface area (Å²) < 4.78 is 10.9. The molecule has 0 saturated heterocycles. The van der Waals surface area contributed by atoms with E-state index in [4.69, 9.17) is 15.2 Å². The lowest BCUT2D eigenvalue weighted by Gasteiger charge is -2.20. The summed E-state index contributed by atoms with van der Waals surface area (Å²) in [5.74, 6) is 1.54. The fraction of sp³-hybridized carbons (Fsp3) is 0.333. The number of hydrogen-bond donors (Lipinski definition) is 1. The lowest BCUT2D eigenvalue weighted by atomic mass is 9.94. The zero-order valence-corrected chi connectivity index (χ0v) is 13.1. The third-order valence-corrected chi connectivity index (χ3v) is 3.78. The highest BCUT2D eigenvalue weighted by Crippen LogP contribution is 2.34. The molecule has 2 aromatic carbocycles. The first kappa shape index (κ1) is 15.4. The van der Waals surface area contributed by atoms with Gasteiger partial charge in [-0.2, -0.15) is 0 Å². The first-order chi connectivity index (χ1) is 10.1. The molecule has 0 spiro atoms. The second-order valence-electron chi connectivity index (χ2n) is 5.32. The Bertz CT molecular complexity index is 600. The van der Waals surface area contributed by atoms with Gasteiger partial charge in [0, 0.05) is 6.04 Å². The van der Waals surface area contributed by atoms with Gasteiger partial charge in [0.15, 0.2) is 0 Å². The Labute approximate surface area is 126 Å². The van der Waals surface area contributed by atoms with Crippen molar-refractivity contribution in [2.75, 3.05) is 14.2 Å². The van der Waals surface area contributed by atoms with Crippen LogP contribution < -0.4 is 15.2 Å². The van der Waals surface area contributed by atoms with Crippen molar-refractivity contribution in [2.45, 2.75) is 26.3 Å². The van der Waals surface area contributed by atoms with Gasteiger partial charge in [-0.15, -0.1) is 0 Å². The highest BCUT2D eigenvalue weighted by molar-refractivity contribution is 5.47. The molecule has 1 atom stereocenters. The number of rotatable bonds is 5. The number of hydrogen-bond acceptors (Lipinski definition) is 3. The third kappa shape index (κ3) is 3.37. The van der Waals surface area contributed by atoms with Crippen molar-refractivity contribution in [1.29, 1.82) is 0 Å². The number of nitrogens with two attached hydrogens (primary N) is 1. The maximum absolute atomic E-state index is 6.44. The van der Waals surface area contributed by atoms with E-state index in [1.54, 1.807) is 14.2 Å². The van der Waals surface area contributed by atoms with Gasteiger partial charge in [-0.1, -0.05) is 29.8 Å². The minimum atomic E-state index is -0.170. The molecule has 0 aliphatic rings. The summed E-state index contributed by atoms with van der Waals surface area (Å²) in [7, 11) is 3.31. The highest BCUT2D eigenvalue weighted by Gasteiger charge is 2.18. The summed E-state index contributed by atoms with van der Waals surface area (Å²) in [6.07, 6.45) is 0.754. The van der Waals surface area contributed by atoms with E-state index in [-0.39, 0.29) is 6.04 Å². The summed E-state index contributed by atoms with van der Waals surface area (Å²) in [6.45, 7) is 4.21. The zero-order chi connectivity index (χ0) is 15.4. The Kier molecular flexibility index (Phi) is 4.86. The molecule has 0 saturated carbocycles.